The fraction of sp³-hybridized carbons (Fsp3) is 0.312. The predicted octanol–water partition coefficient (Wildman–Crippen LogP) is 7.57. The Balaban J connectivity index is 1.64. The minimum absolute atomic E-state index is 0.0427. The molecule has 5 nitrogen and oxygen atoms in total. The van der Waals surface area contributed by atoms with E-state index in [1.54, 1.807) is 6.07 Å². The molecule has 0 amide bonds. The standard InChI is InChI=1S/C32H28ClF3N2O3/c33-28-25(16-21-11-5-10-20-9-3-4-14-24(20)21)27(22-12-6-13-23(15-22)32(34,35)36)29-37(17-19-7-1-2-8-19)18-26(31(40)41)38(29)30(28)39/h3-6,9-15,19,26H,1-2,7-8,16-18H2,(H,40,41). The van der Waals surface area contributed by atoms with Crippen molar-refractivity contribution in [3.05, 3.63) is 98.8 Å². The predicted molar refractivity (Wildman–Crippen MR) is 154 cm³/mol. The highest BCUT2D eigenvalue weighted by Crippen LogP contribution is 2.45. The number of hydrogen-bond donors (Lipinski definition) is 1. The second-order valence-corrected chi connectivity index (χ2v) is 11.3. The Kier molecular flexibility index (Phi) is 7.06. The molecule has 3 aromatic carbocycles. The molecule has 4 aromatic rings. The number of nitrogens with zero attached hydrogens (tertiary/aromatic N) is 2. The van der Waals surface area contributed by atoms with Crippen LogP contribution in [0.15, 0.2) is 71.5 Å². The first-order chi connectivity index (χ1) is 19.6. The van der Waals surface area contributed by atoms with Gasteiger partial charge in [0.1, 0.15) is 10.8 Å². The third-order valence-corrected chi connectivity index (χ3v) is 8.78. The summed E-state index contributed by atoms with van der Waals surface area (Å²) in [6.07, 6.45) is -0.300. The molecule has 6 rings (SSSR count). The lowest BCUT2D eigenvalue weighted by molar-refractivity contribution is -0.140. The van der Waals surface area contributed by atoms with Gasteiger partial charge in [0.05, 0.1) is 12.1 Å². The average molecular weight is 581 g/mol. The SMILES string of the molecule is O=C(O)C1CN(CC2CCCC2)c2c(-c3cccc(C(F)(F)F)c3)c(Cc3cccc4ccccc34)c(Cl)c(=O)n21. The topological polar surface area (TPSA) is 62.5 Å². The van der Waals surface area contributed by atoms with Crippen LogP contribution in [0.1, 0.15) is 48.4 Å². The number of pyridine rings is 1. The van der Waals surface area contributed by atoms with E-state index in [-0.39, 0.29) is 23.6 Å². The van der Waals surface area contributed by atoms with E-state index >= 15 is 0 Å². The van der Waals surface area contributed by atoms with Gasteiger partial charge < -0.3 is 10.0 Å². The van der Waals surface area contributed by atoms with Gasteiger partial charge in [0.25, 0.3) is 5.56 Å². The van der Waals surface area contributed by atoms with Crippen molar-refractivity contribution in [1.82, 2.24) is 4.57 Å². The molecule has 1 atom stereocenters. The molecule has 0 bridgehead atoms. The maximum atomic E-state index is 13.9. The van der Waals surface area contributed by atoms with Crippen LogP contribution in [0, 0.1) is 5.92 Å². The van der Waals surface area contributed by atoms with Gasteiger partial charge in [-0.1, -0.05) is 79.0 Å². The van der Waals surface area contributed by atoms with E-state index in [2.05, 4.69) is 0 Å². The molecule has 41 heavy (non-hydrogen) atoms. The zero-order valence-corrected chi connectivity index (χ0v) is 22.9. The lowest BCUT2D eigenvalue weighted by atomic mass is 9.92. The number of carboxylic acids is 1. The third kappa shape index (κ3) is 4.99. The summed E-state index contributed by atoms with van der Waals surface area (Å²) in [5.41, 5.74) is 0.383. The van der Waals surface area contributed by atoms with Gasteiger partial charge in [-0.2, -0.15) is 13.2 Å². The van der Waals surface area contributed by atoms with E-state index in [1.807, 2.05) is 47.4 Å². The Labute approximate surface area is 239 Å². The molecular weight excluding hydrogens is 553 g/mol. The Morgan fingerprint density at radius 3 is 2.44 bits per heavy atom. The number of carboxylic acid groups (broad SMARTS) is 1. The molecule has 2 heterocycles. The number of halogens is 4. The van der Waals surface area contributed by atoms with Crippen molar-refractivity contribution in [1.29, 1.82) is 0 Å². The summed E-state index contributed by atoms with van der Waals surface area (Å²) >= 11 is 6.78. The highest BCUT2D eigenvalue weighted by molar-refractivity contribution is 6.32. The summed E-state index contributed by atoms with van der Waals surface area (Å²) in [5, 5.41) is 11.9. The molecule has 0 spiro atoms. The summed E-state index contributed by atoms with van der Waals surface area (Å²) in [4.78, 5) is 28.1. The van der Waals surface area contributed by atoms with Crippen molar-refractivity contribution in [2.24, 2.45) is 5.92 Å². The van der Waals surface area contributed by atoms with E-state index < -0.39 is 29.3 Å². The lowest BCUT2D eigenvalue weighted by Crippen LogP contribution is -2.30. The van der Waals surface area contributed by atoms with Gasteiger partial charge in [-0.15, -0.1) is 0 Å². The molecule has 2 aliphatic rings. The summed E-state index contributed by atoms with van der Waals surface area (Å²) in [6.45, 7) is 0.561. The molecule has 1 fully saturated rings. The Bertz CT molecular complexity index is 1700. The van der Waals surface area contributed by atoms with Crippen LogP contribution >= 0.6 is 11.6 Å². The first-order valence-electron chi connectivity index (χ1n) is 13.7. The number of alkyl halides is 3. The lowest BCUT2D eigenvalue weighted by Gasteiger charge is -2.27. The van der Waals surface area contributed by atoms with Gasteiger partial charge in [-0.05, 0) is 58.4 Å². The molecule has 9 heteroatoms. The Morgan fingerprint density at radius 2 is 1.71 bits per heavy atom. The van der Waals surface area contributed by atoms with Crippen molar-refractivity contribution in [3.63, 3.8) is 0 Å². The molecule has 1 aliphatic carbocycles. The van der Waals surface area contributed by atoms with E-state index in [0.717, 1.165) is 54.2 Å². The van der Waals surface area contributed by atoms with Crippen molar-refractivity contribution in [2.45, 2.75) is 44.3 Å². The van der Waals surface area contributed by atoms with Crippen LogP contribution in [0.5, 0.6) is 0 Å². The number of carbonyl (C=O) groups is 1. The normalized spacial score (nSPS) is 17.4. The Morgan fingerprint density at radius 1 is 1.00 bits per heavy atom. The largest absolute Gasteiger partial charge is 0.480 e. The van der Waals surface area contributed by atoms with Crippen LogP contribution in [-0.2, 0) is 17.4 Å². The maximum Gasteiger partial charge on any atom is 0.416 e. The van der Waals surface area contributed by atoms with E-state index in [4.69, 9.17) is 11.6 Å². The van der Waals surface area contributed by atoms with Crippen LogP contribution < -0.4 is 10.5 Å². The molecule has 1 N–H and O–H groups in total. The van der Waals surface area contributed by atoms with Crippen molar-refractivity contribution in [3.8, 4) is 11.1 Å². The number of benzene rings is 3. The minimum atomic E-state index is -4.59. The van der Waals surface area contributed by atoms with Gasteiger partial charge in [0, 0.05) is 18.5 Å². The number of aliphatic carboxylic acids is 1. The molecular formula is C32H28ClF3N2O3. The fourth-order valence-electron chi connectivity index (χ4n) is 6.48. The van der Waals surface area contributed by atoms with Gasteiger partial charge in [-0.25, -0.2) is 4.79 Å². The zero-order chi connectivity index (χ0) is 28.9. The zero-order valence-electron chi connectivity index (χ0n) is 22.1. The number of rotatable bonds is 6. The minimum Gasteiger partial charge on any atom is -0.480 e. The van der Waals surface area contributed by atoms with Crippen molar-refractivity contribution < 1.29 is 23.1 Å². The molecule has 0 saturated heterocycles. The number of aromatic nitrogens is 1. The van der Waals surface area contributed by atoms with Crippen LogP contribution in [0.2, 0.25) is 5.02 Å². The molecule has 1 aromatic heterocycles. The van der Waals surface area contributed by atoms with Crippen LogP contribution in [-0.4, -0.2) is 28.7 Å². The smallest absolute Gasteiger partial charge is 0.416 e. The van der Waals surface area contributed by atoms with E-state index in [1.165, 1.54) is 10.6 Å². The highest BCUT2D eigenvalue weighted by Gasteiger charge is 2.40. The molecule has 212 valence electrons. The fourth-order valence-corrected chi connectivity index (χ4v) is 6.74. The second-order valence-electron chi connectivity index (χ2n) is 11.0. The summed E-state index contributed by atoms with van der Waals surface area (Å²) in [5.74, 6) is -0.555. The van der Waals surface area contributed by atoms with Gasteiger partial charge in [-0.3, -0.25) is 9.36 Å². The maximum absolute atomic E-state index is 13.9. The van der Waals surface area contributed by atoms with Crippen LogP contribution in [0.25, 0.3) is 21.9 Å². The first kappa shape index (κ1) is 27.4. The summed E-state index contributed by atoms with van der Waals surface area (Å²) in [6, 6.07) is 17.3. The average Bonchev–Trinajstić information content (AvgIpc) is 3.60. The van der Waals surface area contributed by atoms with Gasteiger partial charge in [0.2, 0.25) is 0 Å². The molecule has 1 aliphatic heterocycles. The van der Waals surface area contributed by atoms with Crippen LogP contribution in [0.4, 0.5) is 19.0 Å². The Hall–Kier alpha value is -3.78. The number of anilines is 1. The summed E-state index contributed by atoms with van der Waals surface area (Å²) in [7, 11) is 0. The van der Waals surface area contributed by atoms with Crippen LogP contribution in [0.3, 0.4) is 0 Å². The third-order valence-electron chi connectivity index (χ3n) is 8.39. The highest BCUT2D eigenvalue weighted by atomic mass is 35.5. The van der Waals surface area contributed by atoms with E-state index in [0.29, 0.717) is 29.4 Å². The molecule has 1 saturated carbocycles. The molecule has 1 unspecified atom stereocenters. The monoisotopic (exact) mass is 580 g/mol. The second kappa shape index (κ2) is 10.6. The van der Waals surface area contributed by atoms with Crippen molar-refractivity contribution in [2.75, 3.05) is 18.0 Å². The number of hydrogen-bond acceptors (Lipinski definition) is 3. The van der Waals surface area contributed by atoms with Gasteiger partial charge >= 0.3 is 12.1 Å². The quantitative estimate of drug-likeness (QED) is 0.255. The van der Waals surface area contributed by atoms with E-state index in [9.17, 15) is 27.9 Å². The summed E-state index contributed by atoms with van der Waals surface area (Å²) < 4.78 is 42.8. The number of fused-ring (bicyclic) bond motifs is 2. The van der Waals surface area contributed by atoms with Gasteiger partial charge in [0.15, 0.2) is 6.04 Å². The molecule has 0 radical (unpaired) electrons. The van der Waals surface area contributed by atoms with Crippen molar-refractivity contribution >= 4 is 34.2 Å². The first-order valence-corrected chi connectivity index (χ1v) is 14.1.